The fourth-order valence-electron chi connectivity index (χ4n) is 5.55. The number of hydrogen-bond donors (Lipinski definition) is 5. The van der Waals surface area contributed by atoms with Gasteiger partial charge in [0.05, 0.1) is 36.2 Å². The van der Waals surface area contributed by atoms with Gasteiger partial charge in [-0.1, -0.05) is 36.4 Å². The molecule has 4 aromatic carbocycles. The fraction of sp³-hybridized carbons (Fsp3) is 0.211. The van der Waals surface area contributed by atoms with Crippen LogP contribution in [0, 0.1) is 0 Å². The number of aliphatic imine (C=N–C) groups is 1. The van der Waals surface area contributed by atoms with Crippen LogP contribution in [0.4, 0.5) is 11.4 Å². The number of aromatic amines is 1. The van der Waals surface area contributed by atoms with Gasteiger partial charge in [0.25, 0.3) is 0 Å². The molecule has 1 aliphatic heterocycles. The number of likely N-dealkylation sites (N-methyl/N-ethyl adjacent to an activating group) is 2. The van der Waals surface area contributed by atoms with E-state index in [1.807, 2.05) is 54.6 Å². The number of nitrogens with zero attached hydrogens (tertiary/aromatic N) is 4. The van der Waals surface area contributed by atoms with Gasteiger partial charge in [0.2, 0.25) is 5.91 Å². The molecule has 0 aliphatic carbocycles. The first kappa shape index (κ1) is 38.6. The van der Waals surface area contributed by atoms with Crippen molar-refractivity contribution < 1.29 is 45.0 Å². The molecule has 0 unspecified atom stereocenters. The molecule has 0 atom stereocenters. The zero-order valence-electron chi connectivity index (χ0n) is 28.9. The summed E-state index contributed by atoms with van der Waals surface area (Å²) in [6, 6.07) is 25.5. The Labute approximate surface area is 299 Å². The van der Waals surface area contributed by atoms with E-state index in [2.05, 4.69) is 21.8 Å². The number of esters is 1. The van der Waals surface area contributed by atoms with Crippen molar-refractivity contribution in [1.29, 1.82) is 0 Å². The van der Waals surface area contributed by atoms with Crippen molar-refractivity contribution in [2.75, 3.05) is 58.8 Å². The quantitative estimate of drug-likeness (QED) is 0.0887. The second-order valence-corrected chi connectivity index (χ2v) is 12.0. The van der Waals surface area contributed by atoms with Crippen molar-refractivity contribution in [2.45, 2.75) is 0 Å². The molecule has 14 heteroatoms. The highest BCUT2D eigenvalue weighted by Crippen LogP contribution is 2.32. The van der Waals surface area contributed by atoms with E-state index in [0.29, 0.717) is 34.6 Å². The summed E-state index contributed by atoms with van der Waals surface area (Å²) in [5.74, 6) is -2.26. The summed E-state index contributed by atoms with van der Waals surface area (Å²) in [4.78, 5) is 49.3. The standard InChI is InChI=1S/C31H33N5O4.C7H6O4.H2O/c1-34-15-17-36(18-16-34)20-27(37)35(2)24-12-10-23(11-13-24)32-29(21-7-5-4-6-8-21)28-25-14-9-22(31(39)40-3)19-26(25)33-30(28)38;8-4-1-2-6(9)5(3-4)7(10)11;/h4-14,19,33,38H,15-18,20H2,1-3H3;1-3,8-9H,(H,10,11);1H2. The number of ether oxygens (including phenoxy) is 1. The molecule has 6 rings (SSSR count). The van der Waals surface area contributed by atoms with Crippen LogP contribution in [0.1, 0.15) is 31.8 Å². The number of amides is 1. The molecule has 52 heavy (non-hydrogen) atoms. The van der Waals surface area contributed by atoms with Crippen molar-refractivity contribution in [2.24, 2.45) is 4.99 Å². The van der Waals surface area contributed by atoms with Crippen LogP contribution >= 0.6 is 0 Å². The molecule has 272 valence electrons. The van der Waals surface area contributed by atoms with Gasteiger partial charge < -0.3 is 45.4 Å². The van der Waals surface area contributed by atoms with Gasteiger partial charge in [0, 0.05) is 55.4 Å². The summed E-state index contributed by atoms with van der Waals surface area (Å²) in [5, 5.41) is 37.8. The Kier molecular flexibility index (Phi) is 12.7. The number of nitrogens with one attached hydrogen (secondary N) is 1. The highest BCUT2D eigenvalue weighted by atomic mass is 16.5. The fourth-order valence-corrected chi connectivity index (χ4v) is 5.55. The summed E-state index contributed by atoms with van der Waals surface area (Å²) in [7, 11) is 5.22. The number of H-pyrrole nitrogens is 1. The van der Waals surface area contributed by atoms with Gasteiger partial charge in [-0.3, -0.25) is 9.69 Å². The first-order valence-electron chi connectivity index (χ1n) is 16.1. The number of fused-ring (bicyclic) bond motifs is 1. The summed E-state index contributed by atoms with van der Waals surface area (Å²) >= 11 is 0. The number of carbonyl (C=O) groups is 3. The lowest BCUT2D eigenvalue weighted by Crippen LogP contribution is -2.48. The van der Waals surface area contributed by atoms with Crippen LogP contribution in [0.3, 0.4) is 0 Å². The Morgan fingerprint density at radius 2 is 1.54 bits per heavy atom. The second-order valence-electron chi connectivity index (χ2n) is 12.0. The zero-order valence-corrected chi connectivity index (χ0v) is 28.9. The van der Waals surface area contributed by atoms with Crippen molar-refractivity contribution in [1.82, 2.24) is 14.8 Å². The second kappa shape index (κ2) is 17.1. The maximum Gasteiger partial charge on any atom is 0.339 e. The Balaban J connectivity index is 0.000000433. The van der Waals surface area contributed by atoms with E-state index in [1.54, 1.807) is 30.1 Å². The average molecular weight is 712 g/mol. The number of anilines is 1. The van der Waals surface area contributed by atoms with Gasteiger partial charge in [-0.15, -0.1) is 0 Å². The monoisotopic (exact) mass is 711 g/mol. The smallest absolute Gasteiger partial charge is 0.339 e. The number of methoxy groups -OCH3 is 1. The van der Waals surface area contributed by atoms with Crippen LogP contribution in [0.5, 0.6) is 17.4 Å². The minimum atomic E-state index is -1.27. The van der Waals surface area contributed by atoms with Crippen LogP contribution in [0.2, 0.25) is 0 Å². The predicted molar refractivity (Wildman–Crippen MR) is 197 cm³/mol. The molecule has 0 radical (unpaired) electrons. The summed E-state index contributed by atoms with van der Waals surface area (Å²) < 4.78 is 4.83. The molecule has 1 aromatic heterocycles. The molecular weight excluding hydrogens is 670 g/mol. The van der Waals surface area contributed by atoms with Gasteiger partial charge in [-0.05, 0) is 61.6 Å². The largest absolute Gasteiger partial charge is 0.508 e. The van der Waals surface area contributed by atoms with Gasteiger partial charge in [-0.2, -0.15) is 0 Å². The van der Waals surface area contributed by atoms with Crippen molar-refractivity contribution in [3.05, 3.63) is 113 Å². The van der Waals surface area contributed by atoms with E-state index in [1.165, 1.54) is 13.2 Å². The molecule has 1 amide bonds. The van der Waals surface area contributed by atoms with Crippen LogP contribution in [0.15, 0.2) is 96.0 Å². The minimum Gasteiger partial charge on any atom is -0.508 e. The van der Waals surface area contributed by atoms with Gasteiger partial charge in [0.15, 0.2) is 5.88 Å². The number of phenolic OH excluding ortho intramolecular Hbond substituents is 1. The predicted octanol–water partition coefficient (Wildman–Crippen LogP) is 4.01. The van der Waals surface area contributed by atoms with Crippen molar-refractivity contribution >= 4 is 45.8 Å². The third-order valence-corrected chi connectivity index (χ3v) is 8.50. The molecule has 1 aliphatic rings. The van der Waals surface area contributed by atoms with Gasteiger partial charge >= 0.3 is 11.9 Å². The van der Waals surface area contributed by atoms with E-state index < -0.39 is 11.9 Å². The molecule has 1 fully saturated rings. The highest BCUT2D eigenvalue weighted by Gasteiger charge is 2.21. The molecule has 0 spiro atoms. The van der Waals surface area contributed by atoms with Crippen LogP contribution < -0.4 is 4.90 Å². The Bertz CT molecular complexity index is 2060. The Hall–Kier alpha value is -6.22. The number of benzene rings is 4. The summed E-state index contributed by atoms with van der Waals surface area (Å²) in [6.45, 7) is 4.09. The molecule has 5 aromatic rings. The minimum absolute atomic E-state index is 0. The van der Waals surface area contributed by atoms with Gasteiger partial charge in [0.1, 0.15) is 17.1 Å². The third kappa shape index (κ3) is 9.11. The number of piperazine rings is 1. The van der Waals surface area contributed by atoms with Crippen LogP contribution in [0.25, 0.3) is 10.9 Å². The molecule has 2 heterocycles. The third-order valence-electron chi connectivity index (χ3n) is 8.50. The summed E-state index contributed by atoms with van der Waals surface area (Å²) in [6.07, 6.45) is 0. The van der Waals surface area contributed by atoms with E-state index >= 15 is 0 Å². The first-order valence-corrected chi connectivity index (χ1v) is 16.1. The number of aromatic carboxylic acids is 1. The number of rotatable bonds is 8. The number of carboxylic acid groups (broad SMARTS) is 1. The number of carbonyl (C=O) groups excluding carboxylic acids is 2. The Morgan fingerprint density at radius 1 is 0.865 bits per heavy atom. The molecular formula is C38H41N5O9. The number of aromatic hydroxyl groups is 3. The lowest BCUT2D eigenvalue weighted by molar-refractivity contribution is -0.119. The normalized spacial score (nSPS) is 13.4. The van der Waals surface area contributed by atoms with E-state index in [-0.39, 0.29) is 34.3 Å². The van der Waals surface area contributed by atoms with Crippen LogP contribution in [-0.4, -0.2) is 118 Å². The van der Waals surface area contributed by atoms with E-state index in [0.717, 1.165) is 54.9 Å². The molecule has 0 saturated carbocycles. The van der Waals surface area contributed by atoms with Gasteiger partial charge in [-0.25, -0.2) is 14.6 Å². The number of phenols is 2. The molecule has 0 bridgehead atoms. The molecule has 1 saturated heterocycles. The lowest BCUT2D eigenvalue weighted by Gasteiger charge is -2.32. The van der Waals surface area contributed by atoms with Crippen molar-refractivity contribution in [3.63, 3.8) is 0 Å². The maximum atomic E-state index is 12.9. The number of carboxylic acids is 1. The molecule has 14 nitrogen and oxygen atoms in total. The van der Waals surface area contributed by atoms with Crippen molar-refractivity contribution in [3.8, 4) is 17.4 Å². The highest BCUT2D eigenvalue weighted by molar-refractivity contribution is 6.22. The lowest BCUT2D eigenvalue weighted by atomic mass is 10.00. The van der Waals surface area contributed by atoms with Crippen LogP contribution in [-0.2, 0) is 9.53 Å². The Morgan fingerprint density at radius 3 is 2.15 bits per heavy atom. The zero-order chi connectivity index (χ0) is 36.7. The topological polar surface area (TPSA) is 211 Å². The first-order chi connectivity index (χ1) is 24.4. The maximum absolute atomic E-state index is 12.9. The SMILES string of the molecule is COC(=O)c1ccc2c(C(=Nc3ccc(N(C)C(=O)CN4CCN(C)CC4)cc3)c3ccccc3)c(O)[nH]c2c1.O.O=C(O)c1cc(O)ccc1O. The average Bonchev–Trinajstić information content (AvgIpc) is 3.47. The van der Waals surface area contributed by atoms with E-state index in [9.17, 15) is 19.5 Å². The molecule has 7 N–H and O–H groups in total. The number of aromatic nitrogens is 1. The number of hydrogen-bond acceptors (Lipinski definition) is 10. The van der Waals surface area contributed by atoms with E-state index in [4.69, 9.17) is 25.0 Å². The summed E-state index contributed by atoms with van der Waals surface area (Å²) in [5.41, 5.74) is 4.04.